The Hall–Kier alpha value is -2.98. The summed E-state index contributed by atoms with van der Waals surface area (Å²) < 4.78 is 0. The smallest absolute Gasteiger partial charge is 0.328 e. The van der Waals surface area contributed by atoms with Gasteiger partial charge in [-0.2, -0.15) is 5.26 Å². The van der Waals surface area contributed by atoms with E-state index in [1.165, 1.54) is 12.3 Å². The Morgan fingerprint density at radius 3 is 2.67 bits per heavy atom. The number of hydrogen-bond donors (Lipinski definition) is 2. The van der Waals surface area contributed by atoms with Gasteiger partial charge in [0.05, 0.1) is 17.6 Å². The van der Waals surface area contributed by atoms with Crippen LogP contribution in [0.25, 0.3) is 0 Å². The van der Waals surface area contributed by atoms with Gasteiger partial charge in [0.1, 0.15) is 11.6 Å². The molecule has 0 amide bonds. The molecule has 1 unspecified atom stereocenters. The van der Waals surface area contributed by atoms with E-state index in [1.807, 2.05) is 6.07 Å². The topological polar surface area (TPSA) is 112 Å². The summed E-state index contributed by atoms with van der Waals surface area (Å²) in [5.74, 6) is -0.0399. The molecule has 0 aliphatic rings. The van der Waals surface area contributed by atoms with E-state index < -0.39 is 16.7 Å². The molecule has 7 nitrogen and oxygen atoms in total. The van der Waals surface area contributed by atoms with Gasteiger partial charge in [-0.1, -0.05) is 30.3 Å². The number of nitriles is 1. The molecule has 1 aromatic carbocycles. The molecule has 0 aliphatic carbocycles. The van der Waals surface area contributed by atoms with Crippen molar-refractivity contribution in [2.24, 2.45) is 0 Å². The Balaban J connectivity index is 2.39. The summed E-state index contributed by atoms with van der Waals surface area (Å²) in [6.07, 6.45) is 1.31. The van der Waals surface area contributed by atoms with Gasteiger partial charge in [-0.3, -0.25) is 10.1 Å². The Bertz CT molecular complexity index is 682. The van der Waals surface area contributed by atoms with Crippen molar-refractivity contribution in [3.63, 3.8) is 0 Å². The molecule has 1 atom stereocenters. The molecule has 1 heterocycles. The van der Waals surface area contributed by atoms with Crippen molar-refractivity contribution < 1.29 is 10.0 Å². The normalized spacial score (nSPS) is 11.4. The van der Waals surface area contributed by atoms with Crippen LogP contribution in [0.1, 0.15) is 17.2 Å². The minimum Gasteiger partial charge on any atom is -0.394 e. The highest BCUT2D eigenvalue weighted by atomic mass is 16.6. The van der Waals surface area contributed by atoms with Crippen molar-refractivity contribution in [3.05, 3.63) is 63.8 Å². The van der Waals surface area contributed by atoms with Crippen LogP contribution in [0.2, 0.25) is 0 Å². The maximum Gasteiger partial charge on any atom is 0.328 e. The van der Waals surface area contributed by atoms with E-state index in [0.717, 1.165) is 5.56 Å². The van der Waals surface area contributed by atoms with Gasteiger partial charge in [0.25, 0.3) is 0 Å². The lowest BCUT2D eigenvalue weighted by atomic mass is 10.1. The second-order valence-corrected chi connectivity index (χ2v) is 4.21. The molecule has 2 rings (SSSR count). The average molecular weight is 284 g/mol. The van der Waals surface area contributed by atoms with Crippen LogP contribution in [0.4, 0.5) is 11.5 Å². The molecule has 2 aromatic rings. The number of pyridine rings is 1. The third-order valence-corrected chi connectivity index (χ3v) is 2.92. The van der Waals surface area contributed by atoms with Gasteiger partial charge in [-0.05, 0) is 11.6 Å². The second kappa shape index (κ2) is 6.45. The van der Waals surface area contributed by atoms with E-state index >= 15 is 0 Å². The van der Waals surface area contributed by atoms with Crippen molar-refractivity contribution >= 4 is 11.5 Å². The number of aliphatic hydroxyl groups is 1. The molecule has 2 N–H and O–H groups in total. The van der Waals surface area contributed by atoms with E-state index in [9.17, 15) is 15.2 Å². The van der Waals surface area contributed by atoms with Crippen molar-refractivity contribution in [1.29, 1.82) is 5.26 Å². The fraction of sp³-hybridized carbons (Fsp3) is 0.143. The lowest BCUT2D eigenvalue weighted by molar-refractivity contribution is -0.384. The molecule has 0 bridgehead atoms. The maximum atomic E-state index is 11.1. The van der Waals surface area contributed by atoms with E-state index in [-0.39, 0.29) is 18.0 Å². The number of aliphatic hydroxyl groups excluding tert-OH is 1. The van der Waals surface area contributed by atoms with Gasteiger partial charge in [-0.15, -0.1) is 0 Å². The first-order valence-electron chi connectivity index (χ1n) is 6.13. The molecule has 0 radical (unpaired) electrons. The van der Waals surface area contributed by atoms with Gasteiger partial charge in [0.15, 0.2) is 0 Å². The van der Waals surface area contributed by atoms with E-state index in [0.29, 0.717) is 0 Å². The highest BCUT2D eigenvalue weighted by Gasteiger charge is 2.23. The highest BCUT2D eigenvalue weighted by Crippen LogP contribution is 2.28. The first kappa shape index (κ1) is 14.4. The minimum absolute atomic E-state index is 0.0399. The van der Waals surface area contributed by atoms with Crippen LogP contribution >= 0.6 is 0 Å². The fourth-order valence-corrected chi connectivity index (χ4v) is 1.92. The average Bonchev–Trinajstić information content (AvgIpc) is 2.52. The number of rotatable bonds is 5. The lowest BCUT2D eigenvalue weighted by Crippen LogP contribution is -2.16. The van der Waals surface area contributed by atoms with Crippen LogP contribution in [0.5, 0.6) is 0 Å². The highest BCUT2D eigenvalue weighted by molar-refractivity contribution is 5.64. The quantitative estimate of drug-likeness (QED) is 0.641. The lowest BCUT2D eigenvalue weighted by Gasteiger charge is -2.17. The molecule has 0 saturated heterocycles. The fourth-order valence-electron chi connectivity index (χ4n) is 1.92. The second-order valence-electron chi connectivity index (χ2n) is 4.21. The van der Waals surface area contributed by atoms with E-state index in [4.69, 9.17) is 5.26 Å². The number of nitro groups is 1. The van der Waals surface area contributed by atoms with Crippen molar-refractivity contribution in [2.75, 3.05) is 11.9 Å². The maximum absolute atomic E-state index is 11.1. The van der Waals surface area contributed by atoms with Gasteiger partial charge in [0.2, 0.25) is 5.82 Å². The number of anilines is 1. The molecule has 1 aromatic heterocycles. The summed E-state index contributed by atoms with van der Waals surface area (Å²) >= 11 is 0. The molecule has 106 valence electrons. The number of nitrogens with one attached hydrogen (secondary N) is 1. The summed E-state index contributed by atoms with van der Waals surface area (Å²) in [5.41, 5.74) is 0.287. The van der Waals surface area contributed by atoms with Gasteiger partial charge >= 0.3 is 5.69 Å². The van der Waals surface area contributed by atoms with Crippen molar-refractivity contribution in [2.45, 2.75) is 6.04 Å². The zero-order valence-corrected chi connectivity index (χ0v) is 10.9. The predicted octanol–water partition coefficient (Wildman–Crippen LogP) is 2.01. The first-order valence-corrected chi connectivity index (χ1v) is 6.13. The summed E-state index contributed by atoms with van der Waals surface area (Å²) in [5, 5.41) is 32.3. The first-order chi connectivity index (χ1) is 10.2. The Morgan fingerprint density at radius 2 is 2.10 bits per heavy atom. The zero-order valence-electron chi connectivity index (χ0n) is 10.9. The summed E-state index contributed by atoms with van der Waals surface area (Å²) in [6, 6.07) is 11.5. The third-order valence-electron chi connectivity index (χ3n) is 2.92. The van der Waals surface area contributed by atoms with Crippen LogP contribution < -0.4 is 5.32 Å². The Labute approximate surface area is 120 Å². The number of aromatic nitrogens is 1. The van der Waals surface area contributed by atoms with Crippen LogP contribution in [-0.4, -0.2) is 21.6 Å². The van der Waals surface area contributed by atoms with Crippen molar-refractivity contribution in [1.82, 2.24) is 4.98 Å². The van der Waals surface area contributed by atoms with Crippen LogP contribution in [0, 0.1) is 21.4 Å². The molecule has 0 spiro atoms. The Morgan fingerprint density at radius 1 is 1.38 bits per heavy atom. The predicted molar refractivity (Wildman–Crippen MR) is 75.5 cm³/mol. The zero-order chi connectivity index (χ0) is 15.2. The molecule has 0 fully saturated rings. The van der Waals surface area contributed by atoms with Crippen LogP contribution in [0.15, 0.2) is 42.6 Å². The number of benzene rings is 1. The minimum atomic E-state index is -0.659. The number of nitrogens with zero attached hydrogens (tertiary/aromatic N) is 3. The molecule has 0 aliphatic heterocycles. The SMILES string of the molecule is N#Cc1ccnc(NC(CO)c2ccccc2)c1[N+](=O)[O-]. The molecule has 0 saturated carbocycles. The van der Waals surface area contributed by atoms with Crippen LogP contribution in [0.3, 0.4) is 0 Å². The van der Waals surface area contributed by atoms with Gasteiger partial charge in [-0.25, -0.2) is 4.98 Å². The van der Waals surface area contributed by atoms with E-state index in [2.05, 4.69) is 10.3 Å². The molecular formula is C14H12N4O3. The van der Waals surface area contributed by atoms with Crippen LogP contribution in [-0.2, 0) is 0 Å². The van der Waals surface area contributed by atoms with Gasteiger partial charge < -0.3 is 10.4 Å². The molecule has 21 heavy (non-hydrogen) atoms. The molecule has 7 heteroatoms. The largest absolute Gasteiger partial charge is 0.394 e. The number of hydrogen-bond acceptors (Lipinski definition) is 6. The monoisotopic (exact) mass is 284 g/mol. The Kier molecular flexibility index (Phi) is 4.43. The summed E-state index contributed by atoms with van der Waals surface area (Å²) in [7, 11) is 0. The standard InChI is InChI=1S/C14H12N4O3/c15-8-11-6-7-16-14(13(11)18(20)21)17-12(9-19)10-4-2-1-3-5-10/h1-7,12,19H,9H2,(H,16,17). The van der Waals surface area contributed by atoms with Gasteiger partial charge in [0, 0.05) is 6.20 Å². The van der Waals surface area contributed by atoms with Crippen molar-refractivity contribution in [3.8, 4) is 6.07 Å². The summed E-state index contributed by atoms with van der Waals surface area (Å²) in [6.45, 7) is -0.264. The molecular weight excluding hydrogens is 272 g/mol. The third kappa shape index (κ3) is 3.13. The van der Waals surface area contributed by atoms with E-state index in [1.54, 1.807) is 30.3 Å². The summed E-state index contributed by atoms with van der Waals surface area (Å²) in [4.78, 5) is 14.4.